The SMILES string of the molecule is O=C(Nc1n[nH]c2c1CN(S(=O)c1cc(F)cc(F)c1)CC2)c1ccc(CN2CCOCC2)cc1NC1CCOCC1. The third-order valence-electron chi connectivity index (χ3n) is 7.82. The maximum atomic E-state index is 13.8. The zero-order valence-electron chi connectivity index (χ0n) is 23.2. The van der Waals surface area contributed by atoms with Gasteiger partial charge in [-0.05, 0) is 42.7 Å². The molecule has 0 aliphatic carbocycles. The maximum absolute atomic E-state index is 13.8. The highest BCUT2D eigenvalue weighted by molar-refractivity contribution is 7.82. The number of morpholine rings is 1. The molecule has 2 fully saturated rings. The van der Waals surface area contributed by atoms with Crippen LogP contribution in [-0.4, -0.2) is 81.6 Å². The number of hydrogen-bond donors (Lipinski definition) is 3. The molecule has 1 amide bonds. The summed E-state index contributed by atoms with van der Waals surface area (Å²) < 4.78 is 53.3. The molecule has 3 aromatic rings. The van der Waals surface area contributed by atoms with Crippen LogP contribution in [0, 0.1) is 11.6 Å². The predicted molar refractivity (Wildman–Crippen MR) is 153 cm³/mol. The first-order valence-corrected chi connectivity index (χ1v) is 15.3. The number of rotatable bonds is 8. The molecule has 0 spiro atoms. The van der Waals surface area contributed by atoms with Crippen LogP contribution in [0.3, 0.4) is 0 Å². The molecule has 3 aliphatic rings. The summed E-state index contributed by atoms with van der Waals surface area (Å²) in [5.74, 6) is -1.54. The minimum absolute atomic E-state index is 0.0472. The van der Waals surface area contributed by atoms with Gasteiger partial charge < -0.3 is 20.1 Å². The Kier molecular flexibility index (Phi) is 8.91. The first-order chi connectivity index (χ1) is 20.4. The molecule has 224 valence electrons. The molecule has 1 aromatic heterocycles. The lowest BCUT2D eigenvalue weighted by Crippen LogP contribution is -2.35. The number of anilines is 2. The van der Waals surface area contributed by atoms with Crippen LogP contribution in [0.1, 0.15) is 40.0 Å². The van der Waals surface area contributed by atoms with E-state index in [1.54, 1.807) is 4.31 Å². The zero-order valence-corrected chi connectivity index (χ0v) is 24.0. The standard InChI is InChI=1S/C29H34F2N6O4S/c30-20-14-21(31)16-23(15-20)42(39)37-6-3-26-25(18-37)28(35-34-26)33-29(38)24-2-1-19(17-36-7-11-41-12-8-36)13-27(24)32-22-4-9-40-10-5-22/h1-2,13-16,22,32H,3-12,17-18H2,(H2,33,34,35,38). The maximum Gasteiger partial charge on any atom is 0.258 e. The molecule has 13 heteroatoms. The number of ether oxygens (including phenoxy) is 2. The Morgan fingerprint density at radius 1 is 1.02 bits per heavy atom. The van der Waals surface area contributed by atoms with Gasteiger partial charge in [-0.1, -0.05) is 6.07 Å². The van der Waals surface area contributed by atoms with E-state index in [9.17, 15) is 17.8 Å². The number of aromatic amines is 1. The Labute approximate surface area is 245 Å². The van der Waals surface area contributed by atoms with Crippen molar-refractivity contribution in [3.05, 3.63) is 70.4 Å². The molecule has 1 atom stereocenters. The molecule has 3 aliphatic heterocycles. The highest BCUT2D eigenvalue weighted by atomic mass is 32.2. The van der Waals surface area contributed by atoms with Gasteiger partial charge in [0, 0.05) is 81.4 Å². The van der Waals surface area contributed by atoms with E-state index in [0.29, 0.717) is 56.3 Å². The third-order valence-corrected chi connectivity index (χ3v) is 9.24. The number of hydrogen-bond acceptors (Lipinski definition) is 7. The lowest BCUT2D eigenvalue weighted by Gasteiger charge is -2.28. The van der Waals surface area contributed by atoms with E-state index in [0.717, 1.165) is 67.6 Å². The van der Waals surface area contributed by atoms with Gasteiger partial charge in [0.25, 0.3) is 5.91 Å². The van der Waals surface area contributed by atoms with Crippen LogP contribution in [0.2, 0.25) is 0 Å². The smallest absolute Gasteiger partial charge is 0.258 e. The highest BCUT2D eigenvalue weighted by Crippen LogP contribution is 2.29. The number of benzene rings is 2. The monoisotopic (exact) mass is 600 g/mol. The number of amides is 1. The molecule has 2 aromatic carbocycles. The summed E-state index contributed by atoms with van der Waals surface area (Å²) in [5, 5.41) is 13.8. The summed E-state index contributed by atoms with van der Waals surface area (Å²) in [5.41, 5.74) is 3.88. The summed E-state index contributed by atoms with van der Waals surface area (Å²) in [6, 6.07) is 8.94. The first kappa shape index (κ1) is 28.9. The molecule has 42 heavy (non-hydrogen) atoms. The quantitative estimate of drug-likeness (QED) is 0.363. The summed E-state index contributed by atoms with van der Waals surface area (Å²) in [4.78, 5) is 16.0. The van der Waals surface area contributed by atoms with Crippen LogP contribution in [0.4, 0.5) is 20.3 Å². The summed E-state index contributed by atoms with van der Waals surface area (Å²) in [7, 11) is -1.79. The van der Waals surface area contributed by atoms with E-state index in [4.69, 9.17) is 9.47 Å². The normalized spacial score (nSPS) is 19.3. The van der Waals surface area contributed by atoms with Gasteiger partial charge in [0.05, 0.1) is 23.7 Å². The number of carbonyl (C=O) groups is 1. The van der Waals surface area contributed by atoms with Crippen LogP contribution in [0.25, 0.3) is 0 Å². The third kappa shape index (κ3) is 6.70. The van der Waals surface area contributed by atoms with Gasteiger partial charge in [-0.2, -0.15) is 5.10 Å². The second-order valence-electron chi connectivity index (χ2n) is 10.8. The average Bonchev–Trinajstić information content (AvgIpc) is 3.39. The molecule has 3 N–H and O–H groups in total. The molecule has 1 unspecified atom stereocenters. The number of nitrogens with one attached hydrogen (secondary N) is 3. The van der Waals surface area contributed by atoms with E-state index >= 15 is 0 Å². The van der Waals surface area contributed by atoms with Crippen LogP contribution in [0.5, 0.6) is 0 Å². The summed E-state index contributed by atoms with van der Waals surface area (Å²) in [6.45, 7) is 5.87. The largest absolute Gasteiger partial charge is 0.381 e. The Morgan fingerprint density at radius 2 is 1.76 bits per heavy atom. The molecule has 6 rings (SSSR count). The van der Waals surface area contributed by atoms with Crippen molar-refractivity contribution in [1.82, 2.24) is 19.4 Å². The van der Waals surface area contributed by atoms with Gasteiger partial charge >= 0.3 is 0 Å². The van der Waals surface area contributed by atoms with Gasteiger partial charge in [-0.3, -0.25) is 14.8 Å². The Morgan fingerprint density at radius 3 is 2.52 bits per heavy atom. The van der Waals surface area contributed by atoms with Crippen LogP contribution in [-0.2, 0) is 40.0 Å². The van der Waals surface area contributed by atoms with Crippen LogP contribution < -0.4 is 10.6 Å². The Bertz CT molecular complexity index is 1440. The van der Waals surface area contributed by atoms with Crippen molar-refractivity contribution in [1.29, 1.82) is 0 Å². The van der Waals surface area contributed by atoms with Gasteiger partial charge in [-0.25, -0.2) is 17.3 Å². The molecule has 4 heterocycles. The Hall–Kier alpha value is -3.23. The number of H-pyrrole nitrogens is 1. The molecular formula is C29H34F2N6O4S. The second-order valence-corrected chi connectivity index (χ2v) is 12.2. The van der Waals surface area contributed by atoms with Crippen molar-refractivity contribution in [2.45, 2.75) is 43.3 Å². The minimum Gasteiger partial charge on any atom is -0.381 e. The Balaban J connectivity index is 1.20. The highest BCUT2D eigenvalue weighted by Gasteiger charge is 2.28. The van der Waals surface area contributed by atoms with E-state index in [1.807, 2.05) is 18.2 Å². The molecule has 0 saturated carbocycles. The van der Waals surface area contributed by atoms with Crippen molar-refractivity contribution < 1.29 is 27.3 Å². The predicted octanol–water partition coefficient (Wildman–Crippen LogP) is 3.44. The fourth-order valence-corrected chi connectivity index (χ4v) is 6.78. The number of nitrogens with zero attached hydrogens (tertiary/aromatic N) is 3. The van der Waals surface area contributed by atoms with E-state index in [-0.39, 0.29) is 23.4 Å². The number of aromatic nitrogens is 2. The van der Waals surface area contributed by atoms with Crippen molar-refractivity contribution in [3.8, 4) is 0 Å². The summed E-state index contributed by atoms with van der Waals surface area (Å²) in [6.07, 6.45) is 2.20. The van der Waals surface area contributed by atoms with Crippen LogP contribution >= 0.6 is 0 Å². The number of halogens is 2. The topological polar surface area (TPSA) is 112 Å². The lowest BCUT2D eigenvalue weighted by atomic mass is 10.0. The van der Waals surface area contributed by atoms with Gasteiger partial charge in [0.1, 0.15) is 22.6 Å². The molecule has 0 radical (unpaired) electrons. The van der Waals surface area contributed by atoms with E-state index in [1.165, 1.54) is 0 Å². The fourth-order valence-electron chi connectivity index (χ4n) is 5.55. The van der Waals surface area contributed by atoms with Gasteiger partial charge in [-0.15, -0.1) is 0 Å². The molecule has 2 saturated heterocycles. The second kappa shape index (κ2) is 13.0. The first-order valence-electron chi connectivity index (χ1n) is 14.2. The van der Waals surface area contributed by atoms with Crippen LogP contribution in [0.15, 0.2) is 41.3 Å². The van der Waals surface area contributed by atoms with Crippen molar-refractivity contribution in [3.63, 3.8) is 0 Å². The number of fused-ring (bicyclic) bond motifs is 1. The van der Waals surface area contributed by atoms with Crippen molar-refractivity contribution in [2.24, 2.45) is 0 Å². The van der Waals surface area contributed by atoms with E-state index in [2.05, 4.69) is 25.7 Å². The zero-order chi connectivity index (χ0) is 29.1. The van der Waals surface area contributed by atoms with E-state index < -0.39 is 22.6 Å². The molecular weight excluding hydrogens is 566 g/mol. The van der Waals surface area contributed by atoms with Gasteiger partial charge in [0.15, 0.2) is 5.82 Å². The molecule has 0 bridgehead atoms. The average molecular weight is 601 g/mol. The lowest BCUT2D eigenvalue weighted by molar-refractivity contribution is 0.0342. The number of carbonyl (C=O) groups excluding carboxylic acids is 1. The van der Waals surface area contributed by atoms with Gasteiger partial charge in [0.2, 0.25) is 0 Å². The minimum atomic E-state index is -1.79. The van der Waals surface area contributed by atoms with Crippen molar-refractivity contribution >= 4 is 28.4 Å². The fraction of sp³-hybridized carbons (Fsp3) is 0.448. The summed E-state index contributed by atoms with van der Waals surface area (Å²) >= 11 is 0. The van der Waals surface area contributed by atoms with Crippen molar-refractivity contribution in [2.75, 3.05) is 56.7 Å². The molecule has 10 nitrogen and oxygen atoms in total.